The third-order valence-corrected chi connectivity index (χ3v) is 11.4. The molecule has 6 aliphatic rings. The molecule has 6 fully saturated rings. The lowest BCUT2D eigenvalue weighted by Crippen LogP contribution is -2.47. The number of nitro groups is 1. The second kappa shape index (κ2) is 10.9. The number of unbranched alkanes of at least 4 members (excludes halogenated alkanes) is 1. The van der Waals surface area contributed by atoms with Crippen LogP contribution in [0.2, 0.25) is 0 Å². The Morgan fingerprint density at radius 3 is 1.93 bits per heavy atom. The molecule has 4 saturated carbocycles. The van der Waals surface area contributed by atoms with E-state index < -0.39 is 41.2 Å². The summed E-state index contributed by atoms with van der Waals surface area (Å²) in [7, 11) is 0. The van der Waals surface area contributed by atoms with Crippen molar-refractivity contribution in [1.29, 1.82) is 0 Å². The van der Waals surface area contributed by atoms with Gasteiger partial charge >= 0.3 is 5.97 Å². The van der Waals surface area contributed by atoms with Crippen molar-refractivity contribution in [1.82, 2.24) is 9.80 Å². The van der Waals surface area contributed by atoms with E-state index in [0.717, 1.165) is 49.5 Å². The molecular formula is C32H35N3O9. The Bertz CT molecular complexity index is 1420. The van der Waals surface area contributed by atoms with Gasteiger partial charge in [0.25, 0.3) is 5.69 Å². The molecule has 12 nitrogen and oxygen atoms in total. The minimum absolute atomic E-state index is 0.00105. The van der Waals surface area contributed by atoms with Gasteiger partial charge in [-0.2, -0.15) is 0 Å². The molecule has 4 bridgehead atoms. The molecule has 232 valence electrons. The van der Waals surface area contributed by atoms with E-state index in [1.54, 1.807) is 0 Å². The van der Waals surface area contributed by atoms with Gasteiger partial charge in [-0.25, -0.2) is 4.79 Å². The highest BCUT2D eigenvalue weighted by Gasteiger charge is 2.63. The number of nitrogens with zero attached hydrogens (tertiary/aromatic N) is 3. The van der Waals surface area contributed by atoms with E-state index in [2.05, 4.69) is 0 Å². The van der Waals surface area contributed by atoms with E-state index in [-0.39, 0.29) is 83.4 Å². The highest BCUT2D eigenvalue weighted by molar-refractivity contribution is 6.09. The van der Waals surface area contributed by atoms with Gasteiger partial charge in [0, 0.05) is 24.2 Å². The van der Waals surface area contributed by atoms with Crippen LogP contribution >= 0.6 is 0 Å². The second-order valence-electron chi connectivity index (χ2n) is 13.5. The summed E-state index contributed by atoms with van der Waals surface area (Å²) >= 11 is 0. The molecule has 1 aromatic rings. The number of hydrogen-bond donors (Lipinski definition) is 0. The lowest BCUT2D eigenvalue weighted by atomic mass is 9.81. The standard InChI is InChI=1S/C32H35N3O9/c36-23(16-4-3-5-21(14-16)35(42)43)15-44-32(41)22(34-30(39)26-19-9-10-20(13-19)27(26)31(34)40)6-1-2-11-33-28(37)24-17-7-8-18(12-17)25(24)29(33)38/h3-5,14,17-20,22,24-27H,1-2,6-13,15H2/t17-,18-,19-,20-,22-,24-,25+,26-,27+/m0/s1. The van der Waals surface area contributed by atoms with Crippen molar-refractivity contribution in [2.24, 2.45) is 47.3 Å². The zero-order valence-electron chi connectivity index (χ0n) is 24.3. The number of carbonyl (C=O) groups is 6. The van der Waals surface area contributed by atoms with Crippen LogP contribution < -0.4 is 0 Å². The quantitative estimate of drug-likeness (QED) is 0.0922. The minimum atomic E-state index is -1.24. The number of Topliss-reactive ketones (excluding diaryl/α,β-unsaturated/α-hetero) is 1. The van der Waals surface area contributed by atoms with Crippen LogP contribution in [-0.4, -0.2) is 69.3 Å². The Kier molecular flexibility index (Phi) is 7.12. The van der Waals surface area contributed by atoms with E-state index in [0.29, 0.717) is 12.8 Å². The molecule has 0 spiro atoms. The fourth-order valence-corrected chi connectivity index (χ4v) is 9.50. The van der Waals surface area contributed by atoms with Gasteiger partial charge in [-0.15, -0.1) is 0 Å². The zero-order valence-corrected chi connectivity index (χ0v) is 24.3. The number of nitro benzene ring substituents is 1. The van der Waals surface area contributed by atoms with Crippen molar-refractivity contribution in [3.05, 3.63) is 39.9 Å². The van der Waals surface area contributed by atoms with Crippen LogP contribution in [0.1, 0.15) is 68.1 Å². The van der Waals surface area contributed by atoms with Gasteiger partial charge in [0.05, 0.1) is 28.6 Å². The van der Waals surface area contributed by atoms with Gasteiger partial charge in [-0.3, -0.25) is 43.9 Å². The number of fused-ring (bicyclic) bond motifs is 10. The van der Waals surface area contributed by atoms with Gasteiger partial charge in [0.2, 0.25) is 29.4 Å². The summed E-state index contributed by atoms with van der Waals surface area (Å²) in [5.41, 5.74) is -0.276. The van der Waals surface area contributed by atoms with Gasteiger partial charge < -0.3 is 4.74 Å². The first kappa shape index (κ1) is 28.8. The topological polar surface area (TPSA) is 161 Å². The third kappa shape index (κ3) is 4.47. The van der Waals surface area contributed by atoms with Gasteiger partial charge in [0.1, 0.15) is 6.04 Å². The number of ketones is 1. The number of esters is 1. The number of rotatable bonds is 11. The highest BCUT2D eigenvalue weighted by atomic mass is 16.6. The number of benzene rings is 1. The first-order valence-corrected chi connectivity index (χ1v) is 15.8. The number of amides is 4. The third-order valence-electron chi connectivity index (χ3n) is 11.4. The summed E-state index contributed by atoms with van der Waals surface area (Å²) in [6.07, 6.45) is 6.37. The van der Waals surface area contributed by atoms with E-state index in [1.165, 1.54) is 23.1 Å². The normalized spacial score (nSPS) is 33.7. The molecule has 2 aliphatic heterocycles. The minimum Gasteiger partial charge on any atom is -0.456 e. The van der Waals surface area contributed by atoms with E-state index in [4.69, 9.17) is 4.74 Å². The number of carbonyl (C=O) groups excluding carboxylic acids is 6. The number of ether oxygens (including phenoxy) is 1. The van der Waals surface area contributed by atoms with Gasteiger partial charge in [0.15, 0.2) is 6.61 Å². The molecule has 0 unspecified atom stereocenters. The maximum atomic E-state index is 13.6. The molecule has 2 heterocycles. The van der Waals surface area contributed by atoms with Crippen molar-refractivity contribution in [2.75, 3.05) is 13.2 Å². The van der Waals surface area contributed by atoms with E-state index in [9.17, 15) is 38.9 Å². The average molecular weight is 606 g/mol. The van der Waals surface area contributed by atoms with Crippen molar-refractivity contribution in [2.45, 2.75) is 63.8 Å². The molecule has 2 saturated heterocycles. The van der Waals surface area contributed by atoms with Crippen molar-refractivity contribution in [3.8, 4) is 0 Å². The molecule has 0 radical (unpaired) electrons. The lowest BCUT2D eigenvalue weighted by Gasteiger charge is -2.26. The molecule has 1 aromatic carbocycles. The zero-order chi connectivity index (χ0) is 30.9. The SMILES string of the molecule is O=C(COC(=O)[C@H](CCCCN1C(=O)[C@@H]2[C@H]3CC[C@@H](C3)[C@@H]2C1=O)N1C(=O)[C@@H]2[C@H]3CC[C@@H](C3)[C@@H]2C1=O)c1cccc([N+](=O)[O-])c1. The fourth-order valence-electron chi connectivity index (χ4n) is 9.50. The maximum Gasteiger partial charge on any atom is 0.329 e. The monoisotopic (exact) mass is 605 g/mol. The number of likely N-dealkylation sites (tertiary alicyclic amines) is 2. The van der Waals surface area contributed by atoms with Crippen LogP contribution in [0.25, 0.3) is 0 Å². The Morgan fingerprint density at radius 1 is 0.841 bits per heavy atom. The summed E-state index contributed by atoms with van der Waals surface area (Å²) < 4.78 is 5.34. The second-order valence-corrected chi connectivity index (χ2v) is 13.5. The number of non-ortho nitro benzene ring substituents is 1. The Hall–Kier alpha value is -3.96. The van der Waals surface area contributed by atoms with Crippen LogP contribution in [0.4, 0.5) is 5.69 Å². The van der Waals surface area contributed by atoms with E-state index >= 15 is 0 Å². The van der Waals surface area contributed by atoms with Crippen LogP contribution in [0.5, 0.6) is 0 Å². The van der Waals surface area contributed by atoms with Crippen LogP contribution in [0.3, 0.4) is 0 Å². The molecule has 0 N–H and O–H groups in total. The van der Waals surface area contributed by atoms with Crippen LogP contribution in [-0.2, 0) is 28.7 Å². The average Bonchev–Trinajstić information content (AvgIpc) is 3.87. The molecule has 4 aliphatic carbocycles. The summed E-state index contributed by atoms with van der Waals surface area (Å²) in [6.45, 7) is -0.485. The smallest absolute Gasteiger partial charge is 0.329 e. The summed E-state index contributed by atoms with van der Waals surface area (Å²) in [4.78, 5) is 92.4. The molecule has 0 aromatic heterocycles. The highest BCUT2D eigenvalue weighted by Crippen LogP contribution is 2.57. The van der Waals surface area contributed by atoms with Crippen LogP contribution in [0, 0.1) is 57.5 Å². The summed E-state index contributed by atoms with van der Waals surface area (Å²) in [6, 6.07) is 3.84. The molecule has 7 rings (SSSR count). The molecule has 4 amide bonds. The van der Waals surface area contributed by atoms with Crippen molar-refractivity contribution in [3.63, 3.8) is 0 Å². The van der Waals surface area contributed by atoms with Gasteiger partial charge in [-0.05, 0) is 81.5 Å². The Labute approximate surface area is 253 Å². The number of imide groups is 2. The first-order chi connectivity index (χ1) is 21.2. The van der Waals surface area contributed by atoms with Crippen molar-refractivity contribution >= 4 is 41.1 Å². The predicted octanol–water partition coefficient (Wildman–Crippen LogP) is 2.92. The van der Waals surface area contributed by atoms with Gasteiger partial charge in [-0.1, -0.05) is 12.1 Å². The maximum absolute atomic E-state index is 13.6. The largest absolute Gasteiger partial charge is 0.456 e. The lowest BCUT2D eigenvalue weighted by molar-refractivity contribution is -0.384. The van der Waals surface area contributed by atoms with Crippen LogP contribution in [0.15, 0.2) is 24.3 Å². The molecule has 44 heavy (non-hydrogen) atoms. The summed E-state index contributed by atoms with van der Waals surface area (Å²) in [5.74, 6) is -2.93. The number of hydrogen-bond acceptors (Lipinski definition) is 9. The Morgan fingerprint density at radius 2 is 1.39 bits per heavy atom. The fraction of sp³-hybridized carbons (Fsp3) is 0.625. The predicted molar refractivity (Wildman–Crippen MR) is 150 cm³/mol. The molecular weight excluding hydrogens is 570 g/mol. The Balaban J connectivity index is 1.02. The van der Waals surface area contributed by atoms with Crippen molar-refractivity contribution < 1.29 is 38.4 Å². The first-order valence-electron chi connectivity index (χ1n) is 15.8. The molecule has 9 atom stereocenters. The van der Waals surface area contributed by atoms with E-state index in [1.807, 2.05) is 0 Å². The molecule has 12 heteroatoms. The summed E-state index contributed by atoms with van der Waals surface area (Å²) in [5, 5.41) is 11.1.